The van der Waals surface area contributed by atoms with E-state index in [1.165, 1.54) is 54.8 Å². The smallest absolute Gasteiger partial charge is 0.379 e. The fourth-order valence-electron chi connectivity index (χ4n) is 6.70. The van der Waals surface area contributed by atoms with Crippen molar-refractivity contribution in [1.82, 2.24) is 10.0 Å². The number of carbonyl (C=O) groups excluding carboxylic acids is 5. The van der Waals surface area contributed by atoms with Gasteiger partial charge in [-0.05, 0) is 84.7 Å². The van der Waals surface area contributed by atoms with E-state index in [9.17, 15) is 24.0 Å². The van der Waals surface area contributed by atoms with Crippen LogP contribution in [0.1, 0.15) is 37.7 Å². The van der Waals surface area contributed by atoms with Crippen molar-refractivity contribution < 1.29 is 33.1 Å². The number of imide groups is 1. The molecule has 2 heterocycles. The summed E-state index contributed by atoms with van der Waals surface area (Å²) in [4.78, 5) is 67.2. The van der Waals surface area contributed by atoms with E-state index >= 15 is 0 Å². The summed E-state index contributed by atoms with van der Waals surface area (Å²) < 4.78 is 10.3. The van der Waals surface area contributed by atoms with Crippen molar-refractivity contribution in [1.29, 1.82) is 0 Å². The summed E-state index contributed by atoms with van der Waals surface area (Å²) in [6.45, 7) is -0.601. The zero-order valence-corrected chi connectivity index (χ0v) is 23.3. The lowest BCUT2D eigenvalue weighted by Gasteiger charge is -2.37. The summed E-state index contributed by atoms with van der Waals surface area (Å²) >= 11 is 12.4. The summed E-state index contributed by atoms with van der Waals surface area (Å²) in [5, 5.41) is 2.08. The molecule has 3 fully saturated rings. The lowest BCUT2D eigenvalue weighted by atomic mass is 9.63. The van der Waals surface area contributed by atoms with Gasteiger partial charge in [0.2, 0.25) is 5.76 Å². The molecule has 1 aromatic heterocycles. The fraction of sp³-hybridized carbons (Fsp3) is 0.258. The van der Waals surface area contributed by atoms with E-state index in [1.807, 2.05) is 12.2 Å². The van der Waals surface area contributed by atoms with E-state index < -0.39 is 47.9 Å². The van der Waals surface area contributed by atoms with Crippen LogP contribution in [-0.2, 0) is 9.59 Å². The quantitative estimate of drug-likeness (QED) is 0.121. The molecule has 4 aliphatic carbocycles. The van der Waals surface area contributed by atoms with E-state index in [0.29, 0.717) is 16.9 Å². The number of esters is 1. The minimum Gasteiger partial charge on any atom is -0.457 e. The molecule has 9 nitrogen and oxygen atoms in total. The predicted octanol–water partition coefficient (Wildman–Crippen LogP) is 5.10. The summed E-state index contributed by atoms with van der Waals surface area (Å²) in [6, 6.07) is 13.0. The van der Waals surface area contributed by atoms with Gasteiger partial charge in [-0.3, -0.25) is 19.2 Å². The Morgan fingerprint density at radius 2 is 1.60 bits per heavy atom. The SMILES string of the molecule is O=C(CN(C(=O)c1ccc(Cl)cc1Cl)N1C(=O)[C@@H]2[C@H]3C=C[C@@H]([C@@H]4C[C@@H]34)[C@H]2C1=O)c1ccc(OC(=O)c2ccco2)cc1. The Morgan fingerprint density at radius 1 is 0.929 bits per heavy atom. The lowest BCUT2D eigenvalue weighted by Crippen LogP contribution is -2.52. The average Bonchev–Trinajstić information content (AvgIpc) is 3.54. The highest BCUT2D eigenvalue weighted by Gasteiger charge is 2.68. The number of hydrogen-bond donors (Lipinski definition) is 0. The molecule has 5 aliphatic rings. The van der Waals surface area contributed by atoms with Gasteiger partial charge >= 0.3 is 5.97 Å². The third kappa shape index (κ3) is 4.26. The van der Waals surface area contributed by atoms with Crippen LogP contribution < -0.4 is 4.74 Å². The Labute approximate surface area is 249 Å². The van der Waals surface area contributed by atoms with Crippen LogP contribution in [0.3, 0.4) is 0 Å². The van der Waals surface area contributed by atoms with Crippen molar-refractivity contribution in [3.05, 3.63) is 99.9 Å². The van der Waals surface area contributed by atoms with Crippen LogP contribution in [0.2, 0.25) is 10.0 Å². The highest BCUT2D eigenvalue weighted by atomic mass is 35.5. The van der Waals surface area contributed by atoms with Crippen molar-refractivity contribution >= 4 is 52.7 Å². The normalized spacial score (nSPS) is 26.6. The summed E-state index contributed by atoms with van der Waals surface area (Å²) in [7, 11) is 0. The maximum atomic E-state index is 13.9. The molecular formula is C31H22Cl2N2O7. The minimum absolute atomic E-state index is 0.00605. The van der Waals surface area contributed by atoms with Gasteiger partial charge in [0.25, 0.3) is 17.7 Å². The van der Waals surface area contributed by atoms with Gasteiger partial charge < -0.3 is 9.15 Å². The van der Waals surface area contributed by atoms with E-state index in [2.05, 4.69) is 0 Å². The third-order valence-electron chi connectivity index (χ3n) is 8.68. The maximum Gasteiger partial charge on any atom is 0.379 e. The first-order chi connectivity index (χ1) is 20.2. The fourth-order valence-corrected chi connectivity index (χ4v) is 7.19. The molecule has 2 aromatic carbocycles. The van der Waals surface area contributed by atoms with Crippen LogP contribution in [0.25, 0.3) is 0 Å². The number of nitrogens with zero attached hydrogens (tertiary/aromatic N) is 2. The summed E-state index contributed by atoms with van der Waals surface area (Å²) in [5.74, 6) is -3.32. The zero-order valence-electron chi connectivity index (χ0n) is 21.8. The second kappa shape index (κ2) is 9.96. The minimum atomic E-state index is -0.778. The monoisotopic (exact) mass is 604 g/mol. The summed E-state index contributed by atoms with van der Waals surface area (Å²) in [6.07, 6.45) is 6.40. The number of ketones is 1. The van der Waals surface area contributed by atoms with Crippen LogP contribution in [-0.4, -0.2) is 46.0 Å². The number of hydrogen-bond acceptors (Lipinski definition) is 7. The van der Waals surface area contributed by atoms with Gasteiger partial charge in [-0.15, -0.1) is 0 Å². The van der Waals surface area contributed by atoms with Gasteiger partial charge in [0.15, 0.2) is 5.78 Å². The molecule has 11 heteroatoms. The van der Waals surface area contributed by atoms with E-state index in [1.54, 1.807) is 6.07 Å². The van der Waals surface area contributed by atoms with Crippen molar-refractivity contribution in [2.24, 2.45) is 35.5 Å². The topological polar surface area (TPSA) is 114 Å². The molecular weight excluding hydrogens is 583 g/mol. The Balaban J connectivity index is 1.17. The Hall–Kier alpha value is -4.21. The number of allylic oxidation sites excluding steroid dienone is 2. The molecule has 8 rings (SSSR count). The second-order valence-corrected chi connectivity index (χ2v) is 11.8. The number of rotatable bonds is 7. The first-order valence-electron chi connectivity index (χ1n) is 13.4. The van der Waals surface area contributed by atoms with Gasteiger partial charge in [0, 0.05) is 10.6 Å². The van der Waals surface area contributed by atoms with Crippen LogP contribution in [0.4, 0.5) is 0 Å². The number of benzene rings is 2. The summed E-state index contributed by atoms with van der Waals surface area (Å²) in [5.41, 5.74) is 0.167. The molecule has 0 radical (unpaired) electrons. The largest absolute Gasteiger partial charge is 0.457 e. The first kappa shape index (κ1) is 26.7. The maximum absolute atomic E-state index is 13.9. The Bertz CT molecular complexity index is 1650. The molecule has 1 aliphatic heterocycles. The van der Waals surface area contributed by atoms with Crippen LogP contribution in [0, 0.1) is 35.5 Å². The molecule has 3 aromatic rings. The van der Waals surface area contributed by atoms with Gasteiger partial charge in [-0.25, -0.2) is 9.80 Å². The molecule has 6 atom stereocenters. The van der Waals surface area contributed by atoms with Crippen LogP contribution in [0.5, 0.6) is 5.75 Å². The lowest BCUT2D eigenvalue weighted by molar-refractivity contribution is -0.154. The highest BCUT2D eigenvalue weighted by molar-refractivity contribution is 6.36. The number of carbonyl (C=O) groups is 5. The standard InChI is InChI=1S/C31H22Cl2N2O7/c32-16-5-8-20(23(33)12-16)28(37)34(35-29(38)26-18-9-10-19(22-13-21(18)22)27(26)30(35)39)14-24(36)15-3-6-17(7-4-15)42-31(40)25-2-1-11-41-25/h1-12,18-19,21-22,26-27H,13-14H2/t18-,19-,21-,22-,26+,27+/m0/s1. The van der Waals surface area contributed by atoms with Crippen molar-refractivity contribution in [2.75, 3.05) is 6.54 Å². The van der Waals surface area contributed by atoms with E-state index in [0.717, 1.165) is 16.4 Å². The molecule has 0 N–H and O–H groups in total. The van der Waals surface area contributed by atoms with E-state index in [-0.39, 0.29) is 39.5 Å². The van der Waals surface area contributed by atoms with E-state index in [4.69, 9.17) is 32.4 Å². The zero-order chi connectivity index (χ0) is 29.3. The van der Waals surface area contributed by atoms with Gasteiger partial charge in [0.05, 0.1) is 28.7 Å². The first-order valence-corrected chi connectivity index (χ1v) is 14.2. The van der Waals surface area contributed by atoms with Gasteiger partial charge in [-0.1, -0.05) is 35.4 Å². The number of hydrazine groups is 1. The molecule has 0 spiro atoms. The third-order valence-corrected chi connectivity index (χ3v) is 9.23. The molecule has 3 amide bonds. The van der Waals surface area contributed by atoms with Gasteiger partial charge in [-0.2, -0.15) is 5.01 Å². The molecule has 2 bridgehead atoms. The predicted molar refractivity (Wildman–Crippen MR) is 148 cm³/mol. The average molecular weight is 605 g/mol. The van der Waals surface area contributed by atoms with Crippen molar-refractivity contribution in [3.8, 4) is 5.75 Å². The van der Waals surface area contributed by atoms with Crippen molar-refractivity contribution in [3.63, 3.8) is 0 Å². The molecule has 212 valence electrons. The Morgan fingerprint density at radius 3 is 2.19 bits per heavy atom. The van der Waals surface area contributed by atoms with Crippen LogP contribution in [0.15, 0.2) is 77.4 Å². The molecule has 0 unspecified atom stereocenters. The van der Waals surface area contributed by atoms with Crippen molar-refractivity contribution in [2.45, 2.75) is 6.42 Å². The second-order valence-electron chi connectivity index (χ2n) is 10.9. The number of ether oxygens (including phenoxy) is 1. The number of Topliss-reactive ketones (excluding diaryl/α,β-unsaturated/α-hetero) is 1. The van der Waals surface area contributed by atoms with Gasteiger partial charge in [0.1, 0.15) is 12.3 Å². The molecule has 2 saturated carbocycles. The molecule has 42 heavy (non-hydrogen) atoms. The number of furan rings is 1. The highest BCUT2D eigenvalue weighted by Crippen LogP contribution is 2.65. The van der Waals surface area contributed by atoms with Crippen LogP contribution >= 0.6 is 23.2 Å². The molecule has 1 saturated heterocycles. The number of amides is 3. The Kier molecular flexibility index (Phi) is 6.32. The number of halogens is 2.